The van der Waals surface area contributed by atoms with Gasteiger partial charge in [-0.15, -0.1) is 0 Å². The van der Waals surface area contributed by atoms with E-state index in [-0.39, 0.29) is 19.0 Å². The van der Waals surface area contributed by atoms with E-state index >= 15 is 0 Å². The Kier molecular flexibility index (Phi) is 4.34. The molecule has 5 heteroatoms. The van der Waals surface area contributed by atoms with Crippen molar-refractivity contribution in [3.8, 4) is 0 Å². The Morgan fingerprint density at radius 3 is 2.62 bits per heavy atom. The summed E-state index contributed by atoms with van der Waals surface area (Å²) in [6.07, 6.45) is 0.867. The maximum Gasteiger partial charge on any atom is 0.317 e. The number of carbonyl (C=O) groups is 2. The van der Waals surface area contributed by atoms with Gasteiger partial charge in [0.1, 0.15) is 0 Å². The molecule has 0 bridgehead atoms. The van der Waals surface area contributed by atoms with E-state index < -0.39 is 5.97 Å². The molecule has 0 radical (unpaired) electrons. The van der Waals surface area contributed by atoms with E-state index in [1.165, 1.54) is 11.1 Å². The maximum absolute atomic E-state index is 11.6. The molecule has 5 nitrogen and oxygen atoms in total. The van der Waals surface area contributed by atoms with Crippen molar-refractivity contribution < 1.29 is 14.7 Å². The lowest BCUT2D eigenvalue weighted by molar-refractivity contribution is -0.136. The molecule has 0 saturated heterocycles. The van der Waals surface area contributed by atoms with E-state index in [0.717, 1.165) is 6.42 Å². The number of nitrogens with one attached hydrogen (secondary N) is 1. The maximum atomic E-state index is 11.6. The van der Waals surface area contributed by atoms with Crippen LogP contribution in [0.25, 0.3) is 0 Å². The SMILES string of the molecule is CC1=C(C)CN(C(=O)NCCC(=O)O)CC1. The van der Waals surface area contributed by atoms with Gasteiger partial charge in [-0.2, -0.15) is 0 Å². The van der Waals surface area contributed by atoms with Crippen LogP contribution in [0, 0.1) is 0 Å². The van der Waals surface area contributed by atoms with Crippen LogP contribution in [0.4, 0.5) is 4.79 Å². The van der Waals surface area contributed by atoms with Crippen LogP contribution < -0.4 is 5.32 Å². The molecule has 0 saturated carbocycles. The van der Waals surface area contributed by atoms with Gasteiger partial charge in [0.15, 0.2) is 0 Å². The number of urea groups is 1. The molecule has 0 spiro atoms. The lowest BCUT2D eigenvalue weighted by atomic mass is 10.0. The van der Waals surface area contributed by atoms with Gasteiger partial charge >= 0.3 is 12.0 Å². The second-order valence-electron chi connectivity index (χ2n) is 4.11. The predicted octanol–water partition coefficient (Wildman–Crippen LogP) is 1.21. The van der Waals surface area contributed by atoms with Crippen molar-refractivity contribution in [1.82, 2.24) is 10.2 Å². The largest absolute Gasteiger partial charge is 0.481 e. The third-order valence-electron chi connectivity index (χ3n) is 2.82. The highest BCUT2D eigenvalue weighted by atomic mass is 16.4. The van der Waals surface area contributed by atoms with Gasteiger partial charge in [0.2, 0.25) is 0 Å². The Hall–Kier alpha value is -1.52. The zero-order chi connectivity index (χ0) is 12.1. The second-order valence-corrected chi connectivity index (χ2v) is 4.11. The number of carboxylic acid groups (broad SMARTS) is 1. The van der Waals surface area contributed by atoms with Gasteiger partial charge in [-0.3, -0.25) is 4.79 Å². The fourth-order valence-corrected chi connectivity index (χ4v) is 1.58. The van der Waals surface area contributed by atoms with Crippen molar-refractivity contribution in [2.24, 2.45) is 0 Å². The number of rotatable bonds is 3. The van der Waals surface area contributed by atoms with Crippen molar-refractivity contribution in [3.05, 3.63) is 11.1 Å². The quantitative estimate of drug-likeness (QED) is 0.711. The molecule has 1 rings (SSSR count). The highest BCUT2D eigenvalue weighted by molar-refractivity contribution is 5.75. The Balaban J connectivity index is 2.36. The Morgan fingerprint density at radius 1 is 1.38 bits per heavy atom. The highest BCUT2D eigenvalue weighted by Gasteiger charge is 2.18. The molecular formula is C11H18N2O3. The predicted molar refractivity (Wildman–Crippen MR) is 60.2 cm³/mol. The van der Waals surface area contributed by atoms with Crippen molar-refractivity contribution in [2.45, 2.75) is 26.7 Å². The van der Waals surface area contributed by atoms with Gasteiger partial charge in [0, 0.05) is 19.6 Å². The second kappa shape index (κ2) is 5.53. The molecule has 1 heterocycles. The Bertz CT molecular complexity index is 323. The van der Waals surface area contributed by atoms with Gasteiger partial charge in [0.25, 0.3) is 0 Å². The molecule has 0 aliphatic carbocycles. The van der Waals surface area contributed by atoms with Gasteiger partial charge < -0.3 is 15.3 Å². The first kappa shape index (κ1) is 12.5. The zero-order valence-electron chi connectivity index (χ0n) is 9.75. The molecule has 1 aliphatic heterocycles. The average Bonchev–Trinajstić information content (AvgIpc) is 2.21. The van der Waals surface area contributed by atoms with Gasteiger partial charge in [-0.05, 0) is 20.3 Å². The number of amides is 2. The van der Waals surface area contributed by atoms with Crippen LogP contribution in [0.5, 0.6) is 0 Å². The number of carbonyl (C=O) groups excluding carboxylic acids is 1. The third kappa shape index (κ3) is 3.56. The molecule has 0 fully saturated rings. The van der Waals surface area contributed by atoms with E-state index in [2.05, 4.69) is 12.2 Å². The summed E-state index contributed by atoms with van der Waals surface area (Å²) in [4.78, 5) is 23.6. The first-order valence-corrected chi connectivity index (χ1v) is 5.40. The van der Waals surface area contributed by atoms with E-state index in [1.54, 1.807) is 4.90 Å². The smallest absolute Gasteiger partial charge is 0.317 e. The molecule has 0 atom stereocenters. The van der Waals surface area contributed by atoms with E-state index in [9.17, 15) is 9.59 Å². The Morgan fingerprint density at radius 2 is 2.06 bits per heavy atom. The number of hydrogen-bond donors (Lipinski definition) is 2. The summed E-state index contributed by atoms with van der Waals surface area (Å²) in [5.74, 6) is -0.897. The summed E-state index contributed by atoms with van der Waals surface area (Å²) < 4.78 is 0. The first-order valence-electron chi connectivity index (χ1n) is 5.40. The normalized spacial score (nSPS) is 16.2. The summed E-state index contributed by atoms with van der Waals surface area (Å²) in [5.41, 5.74) is 2.56. The minimum absolute atomic E-state index is 0.0343. The lowest BCUT2D eigenvalue weighted by Crippen LogP contribution is -2.43. The molecular weight excluding hydrogens is 208 g/mol. The van der Waals surface area contributed by atoms with E-state index in [4.69, 9.17) is 5.11 Å². The number of hydrogen-bond acceptors (Lipinski definition) is 2. The monoisotopic (exact) mass is 226 g/mol. The van der Waals surface area contributed by atoms with Gasteiger partial charge in [0.05, 0.1) is 6.42 Å². The molecule has 0 aromatic heterocycles. The molecule has 0 unspecified atom stereocenters. The summed E-state index contributed by atoms with van der Waals surface area (Å²) in [7, 11) is 0. The standard InChI is InChI=1S/C11H18N2O3/c1-8-4-6-13(7-9(8)2)11(16)12-5-3-10(14)15/h3-7H2,1-2H3,(H,12,16)(H,14,15). The van der Waals surface area contributed by atoms with Gasteiger partial charge in [-0.1, -0.05) is 11.1 Å². The minimum Gasteiger partial charge on any atom is -0.481 e. The van der Waals surface area contributed by atoms with Crippen LogP contribution in [0.15, 0.2) is 11.1 Å². The number of carboxylic acids is 1. The molecule has 90 valence electrons. The minimum atomic E-state index is -0.897. The molecule has 16 heavy (non-hydrogen) atoms. The number of aliphatic carboxylic acids is 1. The molecule has 0 aromatic rings. The van der Waals surface area contributed by atoms with Crippen molar-refractivity contribution >= 4 is 12.0 Å². The van der Waals surface area contributed by atoms with Crippen molar-refractivity contribution in [2.75, 3.05) is 19.6 Å². The van der Waals surface area contributed by atoms with Gasteiger partial charge in [-0.25, -0.2) is 4.79 Å². The van der Waals surface area contributed by atoms with E-state index in [0.29, 0.717) is 13.1 Å². The molecule has 2 amide bonds. The summed E-state index contributed by atoms with van der Waals surface area (Å²) in [6.45, 7) is 5.64. The van der Waals surface area contributed by atoms with Crippen LogP contribution in [-0.2, 0) is 4.79 Å². The zero-order valence-corrected chi connectivity index (χ0v) is 9.75. The van der Waals surface area contributed by atoms with E-state index in [1.807, 2.05) is 6.92 Å². The topological polar surface area (TPSA) is 69.6 Å². The van der Waals surface area contributed by atoms with Crippen LogP contribution in [0.3, 0.4) is 0 Å². The molecule has 1 aliphatic rings. The third-order valence-corrected chi connectivity index (χ3v) is 2.82. The van der Waals surface area contributed by atoms with Crippen LogP contribution in [0.1, 0.15) is 26.7 Å². The average molecular weight is 226 g/mol. The van der Waals surface area contributed by atoms with Crippen LogP contribution in [0.2, 0.25) is 0 Å². The molecule has 2 N–H and O–H groups in total. The summed E-state index contributed by atoms with van der Waals surface area (Å²) in [6, 6.07) is -0.173. The highest BCUT2D eigenvalue weighted by Crippen LogP contribution is 2.16. The van der Waals surface area contributed by atoms with Crippen LogP contribution in [-0.4, -0.2) is 41.6 Å². The van der Waals surface area contributed by atoms with Crippen molar-refractivity contribution in [3.63, 3.8) is 0 Å². The molecule has 0 aromatic carbocycles. The summed E-state index contributed by atoms with van der Waals surface area (Å²) in [5, 5.41) is 11.0. The number of nitrogens with zero attached hydrogens (tertiary/aromatic N) is 1. The summed E-state index contributed by atoms with van der Waals surface area (Å²) >= 11 is 0. The van der Waals surface area contributed by atoms with Crippen molar-refractivity contribution in [1.29, 1.82) is 0 Å². The lowest BCUT2D eigenvalue weighted by Gasteiger charge is -2.28. The Labute approximate surface area is 95.1 Å². The fraction of sp³-hybridized carbons (Fsp3) is 0.636. The van der Waals surface area contributed by atoms with Crippen LogP contribution >= 0.6 is 0 Å². The first-order chi connectivity index (χ1) is 7.50. The fourth-order valence-electron chi connectivity index (χ4n) is 1.58.